The monoisotopic (exact) mass is 532 g/mol. The van der Waals surface area contributed by atoms with Crippen molar-refractivity contribution in [2.24, 2.45) is 11.8 Å². The van der Waals surface area contributed by atoms with Crippen molar-refractivity contribution < 1.29 is 28.6 Å². The minimum atomic E-state index is -0.530. The molecule has 4 atom stereocenters. The Morgan fingerprint density at radius 1 is 0.675 bits per heavy atom. The summed E-state index contributed by atoms with van der Waals surface area (Å²) >= 11 is 0. The SMILES string of the molecule is O=C1C[C@@H]2[C@@H](COC(=O)c3ccc(-c4ccccc4)cc3)[C@H](OC(=O)c3ccc(-c4ccccc4)cc3)C[C@@H]2O1. The van der Waals surface area contributed by atoms with Crippen molar-refractivity contribution in [3.8, 4) is 22.3 Å². The standard InChI is InChI=1S/C34H28O6/c35-32-19-28-29(21-38-33(36)26-15-11-24(12-16-26)22-7-3-1-4-8-22)31(20-30(28)39-32)40-34(37)27-17-13-25(14-18-27)23-9-5-2-6-10-23/h1-18,28-31H,19-21H2/t28-,29-,30+,31-/m1/s1. The van der Waals surface area contributed by atoms with Crippen LogP contribution in [-0.4, -0.2) is 36.7 Å². The number of carbonyl (C=O) groups excluding carboxylic acids is 3. The fourth-order valence-electron chi connectivity index (χ4n) is 5.64. The lowest BCUT2D eigenvalue weighted by Gasteiger charge is -2.23. The van der Waals surface area contributed by atoms with Gasteiger partial charge in [0, 0.05) is 18.3 Å². The van der Waals surface area contributed by atoms with Crippen LogP contribution in [0.3, 0.4) is 0 Å². The molecule has 0 N–H and O–H groups in total. The molecule has 2 fully saturated rings. The molecule has 1 aliphatic carbocycles. The van der Waals surface area contributed by atoms with Crippen LogP contribution in [0.15, 0.2) is 109 Å². The highest BCUT2D eigenvalue weighted by Gasteiger charge is 2.52. The third-order valence-electron chi connectivity index (χ3n) is 7.78. The van der Waals surface area contributed by atoms with Crippen LogP contribution in [0.25, 0.3) is 22.3 Å². The van der Waals surface area contributed by atoms with Gasteiger partial charge in [-0.3, -0.25) is 4.79 Å². The summed E-state index contributed by atoms with van der Waals surface area (Å²) in [5.41, 5.74) is 4.99. The van der Waals surface area contributed by atoms with Crippen LogP contribution < -0.4 is 0 Å². The molecule has 0 aromatic heterocycles. The lowest BCUT2D eigenvalue weighted by Crippen LogP contribution is -2.30. The van der Waals surface area contributed by atoms with Gasteiger partial charge in [0.05, 0.1) is 24.2 Å². The molecule has 40 heavy (non-hydrogen) atoms. The molecule has 2 aliphatic rings. The van der Waals surface area contributed by atoms with E-state index in [1.54, 1.807) is 24.3 Å². The molecule has 6 nitrogen and oxygen atoms in total. The largest absolute Gasteiger partial charge is 0.462 e. The Balaban J connectivity index is 1.11. The molecular weight excluding hydrogens is 504 g/mol. The van der Waals surface area contributed by atoms with Gasteiger partial charge in [-0.25, -0.2) is 9.59 Å². The average molecular weight is 533 g/mol. The molecule has 4 aromatic rings. The minimum absolute atomic E-state index is 0.0297. The predicted octanol–water partition coefficient (Wildman–Crippen LogP) is 6.35. The quantitative estimate of drug-likeness (QED) is 0.204. The van der Waals surface area contributed by atoms with Gasteiger partial charge in [-0.05, 0) is 46.5 Å². The molecule has 0 amide bonds. The lowest BCUT2D eigenvalue weighted by molar-refractivity contribution is -0.141. The predicted molar refractivity (Wildman–Crippen MR) is 149 cm³/mol. The molecule has 0 radical (unpaired) electrons. The number of esters is 3. The van der Waals surface area contributed by atoms with E-state index in [2.05, 4.69) is 0 Å². The molecule has 0 spiro atoms. The van der Waals surface area contributed by atoms with E-state index in [1.807, 2.05) is 84.9 Å². The van der Waals surface area contributed by atoms with E-state index in [0.29, 0.717) is 17.5 Å². The number of ether oxygens (including phenoxy) is 3. The van der Waals surface area contributed by atoms with Crippen LogP contribution >= 0.6 is 0 Å². The van der Waals surface area contributed by atoms with Gasteiger partial charge in [-0.2, -0.15) is 0 Å². The van der Waals surface area contributed by atoms with E-state index in [9.17, 15) is 14.4 Å². The average Bonchev–Trinajstić information content (AvgIpc) is 3.52. The van der Waals surface area contributed by atoms with Crippen LogP contribution in [0.5, 0.6) is 0 Å². The first-order valence-electron chi connectivity index (χ1n) is 13.4. The van der Waals surface area contributed by atoms with Crippen LogP contribution in [0.1, 0.15) is 33.6 Å². The third-order valence-corrected chi connectivity index (χ3v) is 7.78. The molecular formula is C34H28O6. The highest BCUT2D eigenvalue weighted by Crippen LogP contribution is 2.43. The zero-order valence-electron chi connectivity index (χ0n) is 21.8. The molecule has 6 heteroatoms. The molecule has 0 unspecified atom stereocenters. The molecule has 1 aliphatic heterocycles. The second-order valence-corrected chi connectivity index (χ2v) is 10.2. The fourth-order valence-corrected chi connectivity index (χ4v) is 5.64. The maximum Gasteiger partial charge on any atom is 0.338 e. The summed E-state index contributed by atoms with van der Waals surface area (Å²) in [5.74, 6) is -1.70. The van der Waals surface area contributed by atoms with Crippen LogP contribution in [-0.2, 0) is 19.0 Å². The van der Waals surface area contributed by atoms with E-state index in [4.69, 9.17) is 14.2 Å². The Bertz CT molecular complexity index is 1500. The van der Waals surface area contributed by atoms with Crippen molar-refractivity contribution in [2.45, 2.75) is 25.0 Å². The Hall–Kier alpha value is -4.71. The summed E-state index contributed by atoms with van der Waals surface area (Å²) in [7, 11) is 0. The Morgan fingerprint density at radius 2 is 1.18 bits per heavy atom. The highest BCUT2D eigenvalue weighted by molar-refractivity contribution is 5.91. The van der Waals surface area contributed by atoms with Gasteiger partial charge in [-0.1, -0.05) is 84.9 Å². The van der Waals surface area contributed by atoms with Gasteiger partial charge in [-0.15, -0.1) is 0 Å². The highest BCUT2D eigenvalue weighted by atomic mass is 16.6. The number of hydrogen-bond acceptors (Lipinski definition) is 6. The van der Waals surface area contributed by atoms with E-state index >= 15 is 0 Å². The van der Waals surface area contributed by atoms with Crippen molar-refractivity contribution in [3.63, 3.8) is 0 Å². The number of hydrogen-bond donors (Lipinski definition) is 0. The van der Waals surface area contributed by atoms with Gasteiger partial charge < -0.3 is 14.2 Å². The molecule has 1 heterocycles. The smallest absolute Gasteiger partial charge is 0.338 e. The van der Waals surface area contributed by atoms with Crippen molar-refractivity contribution in [2.75, 3.05) is 6.61 Å². The van der Waals surface area contributed by atoms with Gasteiger partial charge in [0.2, 0.25) is 0 Å². The Morgan fingerprint density at radius 3 is 1.73 bits per heavy atom. The van der Waals surface area contributed by atoms with Crippen molar-refractivity contribution in [3.05, 3.63) is 120 Å². The van der Waals surface area contributed by atoms with Crippen molar-refractivity contribution >= 4 is 17.9 Å². The van der Waals surface area contributed by atoms with Gasteiger partial charge in [0.1, 0.15) is 12.2 Å². The first-order valence-corrected chi connectivity index (χ1v) is 13.4. The van der Waals surface area contributed by atoms with Gasteiger partial charge >= 0.3 is 17.9 Å². The maximum absolute atomic E-state index is 13.0. The van der Waals surface area contributed by atoms with Crippen molar-refractivity contribution in [1.29, 1.82) is 0 Å². The van der Waals surface area contributed by atoms with E-state index in [-0.39, 0.29) is 36.9 Å². The topological polar surface area (TPSA) is 78.9 Å². The van der Waals surface area contributed by atoms with Crippen molar-refractivity contribution in [1.82, 2.24) is 0 Å². The molecule has 1 saturated heterocycles. The fraction of sp³-hybridized carbons (Fsp3) is 0.206. The molecule has 1 saturated carbocycles. The second-order valence-electron chi connectivity index (χ2n) is 10.2. The summed E-state index contributed by atoms with van der Waals surface area (Å²) in [5, 5.41) is 0. The van der Waals surface area contributed by atoms with E-state index in [1.165, 1.54) is 0 Å². The number of rotatable bonds is 7. The van der Waals surface area contributed by atoms with Crippen LogP contribution in [0.2, 0.25) is 0 Å². The second kappa shape index (κ2) is 11.2. The Labute approximate surface area is 232 Å². The summed E-state index contributed by atoms with van der Waals surface area (Å²) in [6.07, 6.45) is -0.270. The summed E-state index contributed by atoms with van der Waals surface area (Å²) < 4.78 is 17.1. The molecule has 200 valence electrons. The first-order chi connectivity index (χ1) is 19.5. The zero-order chi connectivity index (χ0) is 27.5. The summed E-state index contributed by atoms with van der Waals surface area (Å²) in [6.45, 7) is 0.0297. The molecule has 4 aromatic carbocycles. The summed E-state index contributed by atoms with van der Waals surface area (Å²) in [4.78, 5) is 37.9. The van der Waals surface area contributed by atoms with E-state index < -0.39 is 18.0 Å². The van der Waals surface area contributed by atoms with Gasteiger partial charge in [0.15, 0.2) is 0 Å². The number of fused-ring (bicyclic) bond motifs is 1. The molecule has 6 rings (SSSR count). The minimum Gasteiger partial charge on any atom is -0.462 e. The van der Waals surface area contributed by atoms with E-state index in [0.717, 1.165) is 22.3 Å². The first kappa shape index (κ1) is 25.6. The zero-order valence-corrected chi connectivity index (χ0v) is 21.8. The van der Waals surface area contributed by atoms with Gasteiger partial charge in [0.25, 0.3) is 0 Å². The Kier molecular flexibility index (Phi) is 7.15. The number of carbonyl (C=O) groups is 3. The summed E-state index contributed by atoms with van der Waals surface area (Å²) in [6, 6.07) is 34.3. The molecule has 0 bridgehead atoms. The number of benzene rings is 4. The lowest BCUT2D eigenvalue weighted by atomic mass is 9.93. The normalized spacial score (nSPS) is 21.4. The van der Waals surface area contributed by atoms with Crippen LogP contribution in [0.4, 0.5) is 0 Å². The van der Waals surface area contributed by atoms with Crippen LogP contribution in [0, 0.1) is 11.8 Å². The maximum atomic E-state index is 13.0. The third kappa shape index (κ3) is 5.38.